The largest absolute Gasteiger partial charge is 0.493 e. The van der Waals surface area contributed by atoms with Gasteiger partial charge in [-0.2, -0.15) is 0 Å². The SMILES string of the molecule is COc1cc(C(C)NC(=O)c2nccnc2N)ccc1OCc1ccccc1. The summed E-state index contributed by atoms with van der Waals surface area (Å²) in [6, 6.07) is 15.2. The van der Waals surface area contributed by atoms with Crippen molar-refractivity contribution in [1.29, 1.82) is 0 Å². The van der Waals surface area contributed by atoms with E-state index in [1.807, 2.05) is 55.5 Å². The molecule has 0 spiro atoms. The highest BCUT2D eigenvalue weighted by atomic mass is 16.5. The number of carbonyl (C=O) groups is 1. The lowest BCUT2D eigenvalue weighted by molar-refractivity contribution is 0.0935. The number of nitrogens with zero attached hydrogens (tertiary/aromatic N) is 2. The number of hydrogen-bond donors (Lipinski definition) is 2. The van der Waals surface area contributed by atoms with Crippen molar-refractivity contribution in [1.82, 2.24) is 15.3 Å². The number of benzene rings is 2. The summed E-state index contributed by atoms with van der Waals surface area (Å²) in [6.07, 6.45) is 2.87. The zero-order chi connectivity index (χ0) is 19.9. The average Bonchev–Trinajstić information content (AvgIpc) is 2.73. The second-order valence-electron chi connectivity index (χ2n) is 6.17. The number of methoxy groups -OCH3 is 1. The van der Waals surface area contributed by atoms with E-state index < -0.39 is 0 Å². The zero-order valence-electron chi connectivity index (χ0n) is 15.8. The summed E-state index contributed by atoms with van der Waals surface area (Å²) >= 11 is 0. The normalized spacial score (nSPS) is 11.5. The van der Waals surface area contributed by atoms with Crippen LogP contribution in [-0.2, 0) is 6.61 Å². The van der Waals surface area contributed by atoms with E-state index in [9.17, 15) is 4.79 Å². The molecule has 144 valence electrons. The number of aromatic nitrogens is 2. The third-order valence-corrected chi connectivity index (χ3v) is 4.21. The number of amides is 1. The third-order valence-electron chi connectivity index (χ3n) is 4.21. The van der Waals surface area contributed by atoms with E-state index in [-0.39, 0.29) is 23.5 Å². The number of anilines is 1. The van der Waals surface area contributed by atoms with Crippen LogP contribution in [0.3, 0.4) is 0 Å². The maximum Gasteiger partial charge on any atom is 0.274 e. The summed E-state index contributed by atoms with van der Waals surface area (Å²) in [6.45, 7) is 2.30. The second kappa shape index (κ2) is 8.85. The van der Waals surface area contributed by atoms with Crippen LogP contribution in [0.1, 0.15) is 34.6 Å². The number of ether oxygens (including phenoxy) is 2. The minimum atomic E-state index is -0.388. The smallest absolute Gasteiger partial charge is 0.274 e. The molecule has 3 N–H and O–H groups in total. The highest BCUT2D eigenvalue weighted by Crippen LogP contribution is 2.31. The van der Waals surface area contributed by atoms with Crippen molar-refractivity contribution in [3.63, 3.8) is 0 Å². The lowest BCUT2D eigenvalue weighted by Gasteiger charge is -2.17. The summed E-state index contributed by atoms with van der Waals surface area (Å²) in [4.78, 5) is 20.2. The van der Waals surface area contributed by atoms with Crippen molar-refractivity contribution in [2.24, 2.45) is 0 Å². The van der Waals surface area contributed by atoms with E-state index in [1.54, 1.807) is 7.11 Å². The highest BCUT2D eigenvalue weighted by molar-refractivity contribution is 5.96. The summed E-state index contributed by atoms with van der Waals surface area (Å²) < 4.78 is 11.3. The molecule has 0 aliphatic heterocycles. The number of carbonyl (C=O) groups excluding carboxylic acids is 1. The van der Waals surface area contributed by atoms with Crippen LogP contribution in [0.5, 0.6) is 11.5 Å². The molecule has 1 amide bonds. The Bertz CT molecular complexity index is 947. The quantitative estimate of drug-likeness (QED) is 0.655. The van der Waals surface area contributed by atoms with Crippen LogP contribution >= 0.6 is 0 Å². The molecule has 3 rings (SSSR count). The van der Waals surface area contributed by atoms with Gasteiger partial charge in [0.2, 0.25) is 0 Å². The lowest BCUT2D eigenvalue weighted by Crippen LogP contribution is -2.28. The van der Waals surface area contributed by atoms with Crippen LogP contribution in [0.2, 0.25) is 0 Å². The van der Waals surface area contributed by atoms with Crippen LogP contribution in [0.25, 0.3) is 0 Å². The van der Waals surface area contributed by atoms with Crippen molar-refractivity contribution in [2.75, 3.05) is 12.8 Å². The topological polar surface area (TPSA) is 99.4 Å². The van der Waals surface area contributed by atoms with Crippen LogP contribution in [0, 0.1) is 0 Å². The van der Waals surface area contributed by atoms with E-state index in [4.69, 9.17) is 15.2 Å². The fraction of sp³-hybridized carbons (Fsp3) is 0.190. The predicted octanol–water partition coefficient (Wildman–Crippen LogP) is 3.14. The van der Waals surface area contributed by atoms with Gasteiger partial charge in [0, 0.05) is 12.4 Å². The number of hydrogen-bond acceptors (Lipinski definition) is 6. The van der Waals surface area contributed by atoms with Crippen molar-refractivity contribution < 1.29 is 14.3 Å². The molecular formula is C21H22N4O3. The van der Waals surface area contributed by atoms with Gasteiger partial charge in [-0.15, -0.1) is 0 Å². The summed E-state index contributed by atoms with van der Waals surface area (Å²) in [5.74, 6) is 0.927. The standard InChI is InChI=1S/C21H22N4O3/c1-14(25-21(26)19-20(22)24-11-10-23-19)16-8-9-17(18(12-16)27-2)28-13-15-6-4-3-5-7-15/h3-12,14H,13H2,1-2H3,(H2,22,24)(H,25,26). The van der Waals surface area contributed by atoms with Gasteiger partial charge in [-0.05, 0) is 30.2 Å². The monoisotopic (exact) mass is 378 g/mol. The van der Waals surface area contributed by atoms with E-state index in [0.717, 1.165) is 11.1 Å². The maximum absolute atomic E-state index is 12.4. The van der Waals surface area contributed by atoms with Gasteiger partial charge in [0.25, 0.3) is 5.91 Å². The molecule has 0 saturated carbocycles. The van der Waals surface area contributed by atoms with Gasteiger partial charge in [0.15, 0.2) is 23.0 Å². The molecular weight excluding hydrogens is 356 g/mol. The molecule has 0 bridgehead atoms. The van der Waals surface area contributed by atoms with Gasteiger partial charge in [0.05, 0.1) is 13.2 Å². The molecule has 0 radical (unpaired) electrons. The minimum absolute atomic E-state index is 0.0921. The van der Waals surface area contributed by atoms with Gasteiger partial charge >= 0.3 is 0 Å². The Morgan fingerprint density at radius 3 is 2.57 bits per heavy atom. The maximum atomic E-state index is 12.4. The number of nitrogen functional groups attached to an aromatic ring is 1. The van der Waals surface area contributed by atoms with Gasteiger partial charge in [0.1, 0.15) is 6.61 Å². The first-order valence-corrected chi connectivity index (χ1v) is 8.80. The van der Waals surface area contributed by atoms with Crippen molar-refractivity contribution in [3.05, 3.63) is 77.7 Å². The van der Waals surface area contributed by atoms with Crippen LogP contribution in [0.4, 0.5) is 5.82 Å². The van der Waals surface area contributed by atoms with E-state index in [0.29, 0.717) is 18.1 Å². The predicted molar refractivity (Wildman–Crippen MR) is 106 cm³/mol. The minimum Gasteiger partial charge on any atom is -0.493 e. The van der Waals surface area contributed by atoms with Crippen LogP contribution < -0.4 is 20.5 Å². The Kier molecular flexibility index (Phi) is 6.06. The molecule has 0 saturated heterocycles. The van der Waals surface area contributed by atoms with E-state index in [1.165, 1.54) is 12.4 Å². The first-order chi connectivity index (χ1) is 13.6. The molecule has 1 unspecified atom stereocenters. The summed E-state index contributed by atoms with van der Waals surface area (Å²) in [7, 11) is 1.58. The van der Waals surface area contributed by atoms with Crippen molar-refractivity contribution >= 4 is 11.7 Å². The van der Waals surface area contributed by atoms with Gasteiger partial charge < -0.3 is 20.5 Å². The molecule has 28 heavy (non-hydrogen) atoms. The molecule has 0 fully saturated rings. The van der Waals surface area contributed by atoms with Gasteiger partial charge in [-0.25, -0.2) is 9.97 Å². The zero-order valence-corrected chi connectivity index (χ0v) is 15.8. The molecule has 2 aromatic carbocycles. The Morgan fingerprint density at radius 2 is 1.86 bits per heavy atom. The highest BCUT2D eigenvalue weighted by Gasteiger charge is 2.17. The van der Waals surface area contributed by atoms with Crippen LogP contribution in [0.15, 0.2) is 60.9 Å². The van der Waals surface area contributed by atoms with Crippen molar-refractivity contribution in [3.8, 4) is 11.5 Å². The Morgan fingerprint density at radius 1 is 1.11 bits per heavy atom. The van der Waals surface area contributed by atoms with Crippen LogP contribution in [-0.4, -0.2) is 23.0 Å². The molecule has 1 atom stereocenters. The van der Waals surface area contributed by atoms with Crippen molar-refractivity contribution in [2.45, 2.75) is 19.6 Å². The first kappa shape index (κ1) is 19.2. The molecule has 7 nitrogen and oxygen atoms in total. The fourth-order valence-electron chi connectivity index (χ4n) is 2.68. The summed E-state index contributed by atoms with van der Waals surface area (Å²) in [5.41, 5.74) is 7.74. The molecule has 1 heterocycles. The fourth-order valence-corrected chi connectivity index (χ4v) is 2.68. The molecule has 0 aliphatic rings. The molecule has 1 aromatic heterocycles. The molecule has 7 heteroatoms. The van der Waals surface area contributed by atoms with Gasteiger partial charge in [-0.3, -0.25) is 4.79 Å². The van der Waals surface area contributed by atoms with E-state index in [2.05, 4.69) is 15.3 Å². The molecule has 0 aliphatic carbocycles. The van der Waals surface area contributed by atoms with Gasteiger partial charge in [-0.1, -0.05) is 36.4 Å². The Hall–Kier alpha value is -3.61. The van der Waals surface area contributed by atoms with E-state index >= 15 is 0 Å². The number of nitrogens with one attached hydrogen (secondary N) is 1. The number of rotatable bonds is 7. The second-order valence-corrected chi connectivity index (χ2v) is 6.17. The Labute approximate surface area is 163 Å². The summed E-state index contributed by atoms with van der Waals surface area (Å²) in [5, 5.41) is 2.86. The first-order valence-electron chi connectivity index (χ1n) is 8.80. The number of nitrogens with two attached hydrogens (primary N) is 1. The lowest BCUT2D eigenvalue weighted by atomic mass is 10.1. The third kappa shape index (κ3) is 4.56. The Balaban J connectivity index is 1.70. The average molecular weight is 378 g/mol. The molecule has 3 aromatic rings.